The first-order valence-electron chi connectivity index (χ1n) is 3.60. The van der Waals surface area contributed by atoms with Crippen molar-refractivity contribution in [3.05, 3.63) is 0 Å². The second-order valence-corrected chi connectivity index (χ2v) is 2.24. The third-order valence-electron chi connectivity index (χ3n) is 1.44. The smallest absolute Gasteiger partial charge is 0.216 e. The molecule has 0 amide bonds. The van der Waals surface area contributed by atoms with Crippen molar-refractivity contribution in [1.29, 1.82) is 0 Å². The van der Waals surface area contributed by atoms with E-state index in [2.05, 4.69) is 5.32 Å². The van der Waals surface area contributed by atoms with Gasteiger partial charge in [-0.25, -0.2) is 0 Å². The summed E-state index contributed by atoms with van der Waals surface area (Å²) in [6.45, 7) is 0.704. The molecule has 0 saturated heterocycles. The Morgan fingerprint density at radius 2 is 2.30 bits per heavy atom. The average Bonchev–Trinajstić information content (AvgIpc) is 1.99. The van der Waals surface area contributed by atoms with Gasteiger partial charge in [0.05, 0.1) is 6.04 Å². The second-order valence-electron chi connectivity index (χ2n) is 2.24. The van der Waals surface area contributed by atoms with E-state index in [1.54, 1.807) is 7.05 Å². The molecule has 1 unspecified atom stereocenters. The summed E-state index contributed by atoms with van der Waals surface area (Å²) < 4.78 is 0. The molecule has 0 bridgehead atoms. The highest BCUT2D eigenvalue weighted by Gasteiger charge is 2.02. The Morgan fingerprint density at radius 1 is 1.60 bits per heavy atom. The van der Waals surface area contributed by atoms with E-state index >= 15 is 0 Å². The topological polar surface area (TPSA) is 55.1 Å². The van der Waals surface area contributed by atoms with Crippen molar-refractivity contribution in [3.63, 3.8) is 0 Å². The summed E-state index contributed by atoms with van der Waals surface area (Å²) >= 11 is 0. The van der Waals surface area contributed by atoms with Crippen LogP contribution >= 0.6 is 0 Å². The van der Waals surface area contributed by atoms with Gasteiger partial charge in [-0.3, -0.25) is 4.79 Å². The number of nitrogens with two attached hydrogens (primary N) is 1. The van der Waals surface area contributed by atoms with E-state index in [0.29, 0.717) is 6.54 Å². The molecule has 0 aromatic rings. The Hall–Kier alpha value is -0.410. The molecular weight excluding hydrogens is 128 g/mol. The van der Waals surface area contributed by atoms with Crippen LogP contribution in [0.25, 0.3) is 0 Å². The molecule has 3 nitrogen and oxygen atoms in total. The van der Waals surface area contributed by atoms with Crippen LogP contribution in [0.5, 0.6) is 0 Å². The molecule has 0 rings (SSSR count). The SMILES string of the molecule is CNC([C]=O)CCCCN. The van der Waals surface area contributed by atoms with E-state index in [4.69, 9.17) is 5.73 Å². The van der Waals surface area contributed by atoms with Gasteiger partial charge in [-0.15, -0.1) is 0 Å². The van der Waals surface area contributed by atoms with Crippen molar-refractivity contribution in [2.24, 2.45) is 5.73 Å². The summed E-state index contributed by atoms with van der Waals surface area (Å²) in [5.74, 6) is 0. The van der Waals surface area contributed by atoms with Crippen LogP contribution in [0, 0.1) is 0 Å². The van der Waals surface area contributed by atoms with Crippen molar-refractivity contribution < 1.29 is 4.79 Å². The van der Waals surface area contributed by atoms with Gasteiger partial charge in [0.1, 0.15) is 0 Å². The minimum Gasteiger partial charge on any atom is -0.330 e. The van der Waals surface area contributed by atoms with Gasteiger partial charge < -0.3 is 11.1 Å². The van der Waals surface area contributed by atoms with Crippen LogP contribution in [0.4, 0.5) is 0 Å². The number of rotatable bonds is 6. The molecule has 0 aliphatic carbocycles. The van der Waals surface area contributed by atoms with Crippen molar-refractivity contribution in [1.82, 2.24) is 5.32 Å². The Bertz CT molecular complexity index is 85.7. The van der Waals surface area contributed by atoms with E-state index in [9.17, 15) is 4.79 Å². The lowest BCUT2D eigenvalue weighted by Crippen LogP contribution is -2.26. The van der Waals surface area contributed by atoms with Gasteiger partial charge in [-0.1, -0.05) is 6.42 Å². The maximum Gasteiger partial charge on any atom is 0.216 e. The zero-order valence-electron chi connectivity index (χ0n) is 6.39. The monoisotopic (exact) mass is 143 g/mol. The highest BCUT2D eigenvalue weighted by Crippen LogP contribution is 1.96. The van der Waals surface area contributed by atoms with E-state index in [-0.39, 0.29) is 6.04 Å². The molecule has 1 atom stereocenters. The lowest BCUT2D eigenvalue weighted by molar-refractivity contribution is 0.507. The molecule has 3 N–H and O–H groups in total. The normalized spacial score (nSPS) is 13.0. The average molecular weight is 143 g/mol. The van der Waals surface area contributed by atoms with Crippen LogP contribution in [-0.2, 0) is 4.79 Å². The third-order valence-corrected chi connectivity index (χ3v) is 1.44. The molecule has 0 aromatic heterocycles. The predicted octanol–water partition coefficient (Wildman–Crippen LogP) is -0.187. The Morgan fingerprint density at radius 3 is 2.70 bits per heavy atom. The molecule has 0 aliphatic heterocycles. The Balaban J connectivity index is 3.17. The lowest BCUT2D eigenvalue weighted by atomic mass is 10.1. The predicted molar refractivity (Wildman–Crippen MR) is 41.4 cm³/mol. The number of carbonyl (C=O) groups excluding carboxylic acids is 1. The number of likely N-dealkylation sites (N-methyl/N-ethyl adjacent to an activating group) is 1. The first-order chi connectivity index (χ1) is 4.85. The quantitative estimate of drug-likeness (QED) is 0.507. The van der Waals surface area contributed by atoms with Crippen LogP contribution in [0.2, 0.25) is 0 Å². The summed E-state index contributed by atoms with van der Waals surface area (Å²) in [5.41, 5.74) is 5.28. The van der Waals surface area contributed by atoms with Gasteiger partial charge in [0.15, 0.2) is 0 Å². The number of hydrogen-bond donors (Lipinski definition) is 2. The largest absolute Gasteiger partial charge is 0.330 e. The standard InChI is InChI=1S/C7H15N2O/c1-9-7(6-10)4-2-3-5-8/h7,9H,2-5,8H2,1H3. The Labute approximate surface area is 62.0 Å². The highest BCUT2D eigenvalue weighted by atomic mass is 16.1. The minimum absolute atomic E-state index is 0.105. The van der Waals surface area contributed by atoms with Crippen molar-refractivity contribution in [2.75, 3.05) is 13.6 Å². The van der Waals surface area contributed by atoms with Crippen LogP contribution < -0.4 is 11.1 Å². The van der Waals surface area contributed by atoms with Crippen LogP contribution in [-0.4, -0.2) is 25.9 Å². The molecule has 0 saturated carbocycles. The van der Waals surface area contributed by atoms with Crippen LogP contribution in [0.1, 0.15) is 19.3 Å². The summed E-state index contributed by atoms with van der Waals surface area (Å²) in [6, 6.07) is -0.105. The van der Waals surface area contributed by atoms with Crippen LogP contribution in [0.15, 0.2) is 0 Å². The number of nitrogens with one attached hydrogen (secondary N) is 1. The Kier molecular flexibility index (Phi) is 6.43. The van der Waals surface area contributed by atoms with E-state index in [1.807, 2.05) is 6.29 Å². The molecule has 1 radical (unpaired) electrons. The molecule has 0 fully saturated rings. The molecule has 0 spiro atoms. The van der Waals surface area contributed by atoms with Gasteiger partial charge in [0, 0.05) is 0 Å². The number of hydrogen-bond acceptors (Lipinski definition) is 3. The summed E-state index contributed by atoms with van der Waals surface area (Å²) in [7, 11) is 1.76. The molecule has 10 heavy (non-hydrogen) atoms. The molecule has 0 aromatic carbocycles. The second kappa shape index (κ2) is 6.71. The molecule has 0 aliphatic rings. The van der Waals surface area contributed by atoms with Crippen molar-refractivity contribution >= 4 is 6.29 Å². The van der Waals surface area contributed by atoms with E-state index in [1.165, 1.54) is 0 Å². The fraction of sp³-hybridized carbons (Fsp3) is 0.857. The zero-order chi connectivity index (χ0) is 7.82. The highest BCUT2D eigenvalue weighted by molar-refractivity contribution is 5.58. The van der Waals surface area contributed by atoms with E-state index < -0.39 is 0 Å². The van der Waals surface area contributed by atoms with Gasteiger partial charge in [0.25, 0.3) is 0 Å². The van der Waals surface area contributed by atoms with Gasteiger partial charge in [-0.05, 0) is 26.4 Å². The molecule has 3 heteroatoms. The maximum absolute atomic E-state index is 10.1. The van der Waals surface area contributed by atoms with Crippen molar-refractivity contribution in [2.45, 2.75) is 25.3 Å². The molecular formula is C7H15N2O. The fourth-order valence-electron chi connectivity index (χ4n) is 0.755. The number of unbranched alkanes of at least 4 members (excludes halogenated alkanes) is 1. The first-order valence-corrected chi connectivity index (χ1v) is 3.60. The summed E-state index contributed by atoms with van der Waals surface area (Å²) in [4.78, 5) is 10.1. The van der Waals surface area contributed by atoms with Gasteiger partial charge in [0.2, 0.25) is 6.29 Å². The summed E-state index contributed by atoms with van der Waals surface area (Å²) in [5, 5.41) is 2.85. The minimum atomic E-state index is -0.105. The summed E-state index contributed by atoms with van der Waals surface area (Å²) in [6.07, 6.45) is 4.74. The molecule has 59 valence electrons. The third kappa shape index (κ3) is 4.47. The van der Waals surface area contributed by atoms with Crippen LogP contribution in [0.3, 0.4) is 0 Å². The van der Waals surface area contributed by atoms with Gasteiger partial charge >= 0.3 is 0 Å². The van der Waals surface area contributed by atoms with Crippen molar-refractivity contribution in [3.8, 4) is 0 Å². The first kappa shape index (κ1) is 9.59. The fourth-order valence-corrected chi connectivity index (χ4v) is 0.755. The molecule has 0 heterocycles. The zero-order valence-corrected chi connectivity index (χ0v) is 6.39. The maximum atomic E-state index is 10.1. The van der Waals surface area contributed by atoms with Gasteiger partial charge in [-0.2, -0.15) is 0 Å². The lowest BCUT2D eigenvalue weighted by Gasteiger charge is -2.05. The van der Waals surface area contributed by atoms with E-state index in [0.717, 1.165) is 19.3 Å².